The van der Waals surface area contributed by atoms with Crippen LogP contribution < -0.4 is 5.56 Å². The number of nitrogens with one attached hydrogen (secondary N) is 1. The number of aromatic amines is 1. The van der Waals surface area contributed by atoms with Gasteiger partial charge in [-0.2, -0.15) is 0 Å². The van der Waals surface area contributed by atoms with Gasteiger partial charge in [0.25, 0.3) is 11.5 Å². The van der Waals surface area contributed by atoms with Crippen molar-refractivity contribution in [2.24, 2.45) is 0 Å². The summed E-state index contributed by atoms with van der Waals surface area (Å²) in [7, 11) is 0. The molecule has 0 saturated heterocycles. The molecule has 3 aromatic carbocycles. The highest BCUT2D eigenvalue weighted by atomic mass is 79.9. The molecular formula is C19H11BrN2O2S. The van der Waals surface area contributed by atoms with Crippen LogP contribution in [0.5, 0.6) is 0 Å². The molecule has 0 atom stereocenters. The summed E-state index contributed by atoms with van der Waals surface area (Å²) in [6, 6.07) is 18.2. The average molecular weight is 411 g/mol. The number of carbonyl (C=O) groups excluding carboxylic acids is 1. The molecule has 4 rings (SSSR count). The first-order valence-corrected chi connectivity index (χ1v) is 8.73. The van der Waals surface area contributed by atoms with E-state index in [4.69, 9.17) is 12.2 Å². The van der Waals surface area contributed by atoms with E-state index < -0.39 is 11.5 Å². The summed E-state index contributed by atoms with van der Waals surface area (Å²) in [4.78, 5) is 28.9. The number of hydrogen-bond acceptors (Lipinski definition) is 3. The fourth-order valence-electron chi connectivity index (χ4n) is 2.90. The molecule has 0 aliphatic rings. The standard InChI is InChI=1S/C19H11BrN2O2S/c20-12-8-9-16-15(10-12)18(24)22(19(25)21-16)17(23)14-7-3-5-11-4-1-2-6-13(11)14/h1-10H,(H,21,25). The van der Waals surface area contributed by atoms with E-state index in [2.05, 4.69) is 20.9 Å². The maximum Gasteiger partial charge on any atom is 0.269 e. The number of rotatable bonds is 1. The summed E-state index contributed by atoms with van der Waals surface area (Å²) in [5.41, 5.74) is 0.604. The van der Waals surface area contributed by atoms with Crippen molar-refractivity contribution in [3.63, 3.8) is 0 Å². The molecule has 0 aliphatic heterocycles. The summed E-state index contributed by atoms with van der Waals surface area (Å²) in [6.07, 6.45) is 0. The zero-order chi connectivity index (χ0) is 17.6. The number of aromatic nitrogens is 2. The van der Waals surface area contributed by atoms with Gasteiger partial charge in [0.2, 0.25) is 0 Å². The van der Waals surface area contributed by atoms with Gasteiger partial charge in [-0.25, -0.2) is 4.57 Å². The molecule has 0 spiro atoms. The zero-order valence-electron chi connectivity index (χ0n) is 12.8. The molecule has 4 aromatic rings. The molecule has 0 unspecified atom stereocenters. The van der Waals surface area contributed by atoms with E-state index in [1.165, 1.54) is 0 Å². The summed E-state index contributed by atoms with van der Waals surface area (Å²) in [5, 5.41) is 2.11. The van der Waals surface area contributed by atoms with Crippen molar-refractivity contribution >= 4 is 55.7 Å². The van der Waals surface area contributed by atoms with Crippen LogP contribution in [-0.4, -0.2) is 15.5 Å². The number of fused-ring (bicyclic) bond motifs is 2. The smallest absolute Gasteiger partial charge is 0.269 e. The molecule has 0 saturated carbocycles. The van der Waals surface area contributed by atoms with Gasteiger partial charge in [0.1, 0.15) is 0 Å². The SMILES string of the molecule is O=C(c1cccc2ccccc12)n1c(=S)[nH]c2ccc(Br)cc2c1=O. The van der Waals surface area contributed by atoms with Crippen LogP contribution in [0, 0.1) is 4.77 Å². The highest BCUT2D eigenvalue weighted by Crippen LogP contribution is 2.20. The molecule has 122 valence electrons. The van der Waals surface area contributed by atoms with Gasteiger partial charge in [0, 0.05) is 10.0 Å². The minimum Gasteiger partial charge on any atom is -0.331 e. The lowest BCUT2D eigenvalue weighted by molar-refractivity contribution is 0.0955. The predicted octanol–water partition coefficient (Wildman–Crippen LogP) is 4.66. The molecule has 1 N–H and O–H groups in total. The van der Waals surface area contributed by atoms with E-state index in [9.17, 15) is 9.59 Å². The summed E-state index contributed by atoms with van der Waals surface area (Å²) < 4.78 is 1.86. The second-order valence-corrected chi connectivity index (χ2v) is 6.89. The second kappa shape index (κ2) is 6.06. The van der Waals surface area contributed by atoms with E-state index in [0.717, 1.165) is 19.8 Å². The van der Waals surface area contributed by atoms with Crippen LogP contribution in [0.2, 0.25) is 0 Å². The van der Waals surface area contributed by atoms with Crippen LogP contribution in [0.1, 0.15) is 10.4 Å². The topological polar surface area (TPSA) is 54.9 Å². The van der Waals surface area contributed by atoms with Crippen molar-refractivity contribution in [3.05, 3.63) is 85.8 Å². The Labute approximate surface area is 155 Å². The van der Waals surface area contributed by atoms with E-state index in [1.807, 2.05) is 36.4 Å². The maximum absolute atomic E-state index is 13.1. The molecular weight excluding hydrogens is 400 g/mol. The van der Waals surface area contributed by atoms with E-state index >= 15 is 0 Å². The Morgan fingerprint density at radius 1 is 1.00 bits per heavy atom. The molecule has 0 amide bonds. The Bertz CT molecular complexity index is 1270. The Morgan fingerprint density at radius 2 is 1.76 bits per heavy atom. The van der Waals surface area contributed by atoms with Gasteiger partial charge in [0.05, 0.1) is 10.9 Å². The normalized spacial score (nSPS) is 11.1. The van der Waals surface area contributed by atoms with Crippen LogP contribution in [0.4, 0.5) is 0 Å². The third kappa shape index (κ3) is 2.63. The predicted molar refractivity (Wildman–Crippen MR) is 105 cm³/mol. The van der Waals surface area contributed by atoms with Crippen molar-refractivity contribution in [3.8, 4) is 0 Å². The minimum atomic E-state index is -0.440. The number of nitrogens with zero attached hydrogens (tertiary/aromatic N) is 1. The van der Waals surface area contributed by atoms with Gasteiger partial charge in [-0.15, -0.1) is 0 Å². The first-order valence-electron chi connectivity index (χ1n) is 7.53. The van der Waals surface area contributed by atoms with Gasteiger partial charge in [0.15, 0.2) is 4.77 Å². The van der Waals surface area contributed by atoms with Gasteiger partial charge < -0.3 is 4.98 Å². The quantitative estimate of drug-likeness (QED) is 0.464. The van der Waals surface area contributed by atoms with Gasteiger partial charge >= 0.3 is 0 Å². The lowest BCUT2D eigenvalue weighted by Crippen LogP contribution is -2.29. The Morgan fingerprint density at radius 3 is 2.60 bits per heavy atom. The Kier molecular flexibility index (Phi) is 3.86. The summed E-state index contributed by atoms with van der Waals surface area (Å²) in [6.45, 7) is 0. The number of H-pyrrole nitrogens is 1. The average Bonchev–Trinajstić information content (AvgIpc) is 2.62. The molecule has 0 fully saturated rings. The van der Waals surface area contributed by atoms with Crippen LogP contribution in [-0.2, 0) is 0 Å². The van der Waals surface area contributed by atoms with Crippen molar-refractivity contribution in [1.29, 1.82) is 0 Å². The first-order chi connectivity index (χ1) is 12.1. The highest BCUT2D eigenvalue weighted by Gasteiger charge is 2.17. The largest absolute Gasteiger partial charge is 0.331 e. The molecule has 25 heavy (non-hydrogen) atoms. The third-order valence-corrected chi connectivity index (χ3v) is 4.86. The maximum atomic E-state index is 13.1. The number of hydrogen-bond donors (Lipinski definition) is 1. The number of carbonyl (C=O) groups is 1. The highest BCUT2D eigenvalue weighted by molar-refractivity contribution is 9.10. The molecule has 4 nitrogen and oxygen atoms in total. The molecule has 0 bridgehead atoms. The van der Waals surface area contributed by atoms with Crippen LogP contribution in [0.15, 0.2) is 69.9 Å². The molecule has 1 aromatic heterocycles. The molecule has 0 radical (unpaired) electrons. The monoisotopic (exact) mass is 410 g/mol. The van der Waals surface area contributed by atoms with Gasteiger partial charge in [-0.3, -0.25) is 9.59 Å². The summed E-state index contributed by atoms with van der Waals surface area (Å²) in [5.74, 6) is -0.440. The Hall–Kier alpha value is -2.57. The van der Waals surface area contributed by atoms with E-state index in [0.29, 0.717) is 16.5 Å². The fourth-order valence-corrected chi connectivity index (χ4v) is 3.54. The number of halogens is 1. The second-order valence-electron chi connectivity index (χ2n) is 5.59. The van der Waals surface area contributed by atoms with Crippen molar-refractivity contribution in [2.45, 2.75) is 0 Å². The van der Waals surface area contributed by atoms with Crippen LogP contribution in [0.3, 0.4) is 0 Å². The summed E-state index contributed by atoms with van der Waals surface area (Å²) >= 11 is 8.62. The number of benzene rings is 3. The van der Waals surface area contributed by atoms with Crippen molar-refractivity contribution in [2.75, 3.05) is 0 Å². The third-order valence-electron chi connectivity index (χ3n) is 4.08. The molecule has 1 heterocycles. The van der Waals surface area contributed by atoms with Crippen molar-refractivity contribution < 1.29 is 4.79 Å². The first kappa shape index (κ1) is 15.9. The van der Waals surface area contributed by atoms with E-state index in [1.54, 1.807) is 24.3 Å². The Balaban J connectivity index is 2.02. The lowest BCUT2D eigenvalue weighted by atomic mass is 10.0. The minimum absolute atomic E-state index is 0.0813. The fraction of sp³-hybridized carbons (Fsp3) is 0. The van der Waals surface area contributed by atoms with Crippen LogP contribution >= 0.6 is 28.1 Å². The molecule has 0 aliphatic carbocycles. The molecule has 6 heteroatoms. The lowest BCUT2D eigenvalue weighted by Gasteiger charge is -2.09. The zero-order valence-corrected chi connectivity index (χ0v) is 15.2. The van der Waals surface area contributed by atoms with Crippen molar-refractivity contribution in [1.82, 2.24) is 9.55 Å². The van der Waals surface area contributed by atoms with Crippen LogP contribution in [0.25, 0.3) is 21.7 Å². The van der Waals surface area contributed by atoms with Gasteiger partial charge in [-0.1, -0.05) is 52.3 Å². The van der Waals surface area contributed by atoms with Gasteiger partial charge in [-0.05, 0) is 47.3 Å². The van der Waals surface area contributed by atoms with E-state index in [-0.39, 0.29) is 4.77 Å².